The maximum atomic E-state index is 13.1. The molecule has 0 aliphatic carbocycles. The molecule has 0 fully saturated rings. The number of benzene rings is 2. The monoisotopic (exact) mass is 393 g/mol. The first-order chi connectivity index (χ1) is 12.3. The first-order valence-corrected chi connectivity index (χ1v) is 9.62. The van der Waals surface area contributed by atoms with Crippen LogP contribution in [0.3, 0.4) is 0 Å². The van der Waals surface area contributed by atoms with Gasteiger partial charge < -0.3 is 5.32 Å². The number of hydrogen-bond acceptors (Lipinski definition) is 4. The highest BCUT2D eigenvalue weighted by atomic mass is 35.5. The number of anilines is 1. The Morgan fingerprint density at radius 2 is 1.88 bits per heavy atom. The zero-order chi connectivity index (χ0) is 18.9. The topological polar surface area (TPSA) is 81.1 Å². The van der Waals surface area contributed by atoms with Crippen molar-refractivity contribution >= 4 is 33.0 Å². The molecule has 0 saturated carbocycles. The third-order valence-electron chi connectivity index (χ3n) is 3.59. The summed E-state index contributed by atoms with van der Waals surface area (Å²) in [6.45, 7) is 0. The van der Waals surface area contributed by atoms with Gasteiger partial charge in [-0.25, -0.2) is 17.8 Å². The van der Waals surface area contributed by atoms with Crippen molar-refractivity contribution in [3.05, 3.63) is 71.5 Å². The predicted octanol–water partition coefficient (Wildman–Crippen LogP) is 3.32. The van der Waals surface area contributed by atoms with E-state index in [0.29, 0.717) is 5.69 Å². The van der Waals surface area contributed by atoms with E-state index in [2.05, 4.69) is 10.3 Å². The Labute approximate surface area is 154 Å². The predicted molar refractivity (Wildman–Crippen MR) is 96.0 cm³/mol. The van der Waals surface area contributed by atoms with Crippen LogP contribution >= 0.6 is 11.6 Å². The quantitative estimate of drug-likeness (QED) is 0.737. The van der Waals surface area contributed by atoms with Gasteiger partial charge in [-0.15, -0.1) is 0 Å². The molecule has 0 bridgehead atoms. The molecule has 1 N–H and O–H groups in total. The van der Waals surface area contributed by atoms with Gasteiger partial charge in [0, 0.05) is 11.9 Å². The average molecular weight is 394 g/mol. The lowest BCUT2D eigenvalue weighted by atomic mass is 10.3. The highest BCUT2D eigenvalue weighted by molar-refractivity contribution is 7.90. The minimum Gasteiger partial charge on any atom is -0.319 e. The number of nitrogens with one attached hydrogen (secondary N) is 1. The second-order valence-electron chi connectivity index (χ2n) is 5.49. The van der Waals surface area contributed by atoms with E-state index in [-0.39, 0.29) is 21.3 Å². The van der Waals surface area contributed by atoms with Crippen molar-refractivity contribution < 1.29 is 17.6 Å². The van der Waals surface area contributed by atoms with E-state index in [1.807, 2.05) is 0 Å². The molecule has 0 aliphatic rings. The summed E-state index contributed by atoms with van der Waals surface area (Å²) in [5.41, 5.74) is 0.883. The summed E-state index contributed by atoms with van der Waals surface area (Å²) in [5.74, 6) is -0.941. The van der Waals surface area contributed by atoms with Gasteiger partial charge >= 0.3 is 0 Å². The van der Waals surface area contributed by atoms with E-state index in [0.717, 1.165) is 6.26 Å². The van der Waals surface area contributed by atoms with Crippen molar-refractivity contribution in [3.8, 4) is 5.69 Å². The van der Waals surface area contributed by atoms with E-state index >= 15 is 0 Å². The highest BCUT2D eigenvalue weighted by Crippen LogP contribution is 2.26. The van der Waals surface area contributed by atoms with Gasteiger partial charge in [0.25, 0.3) is 5.91 Å². The first kappa shape index (κ1) is 18.1. The fraction of sp³-hybridized carbons (Fsp3) is 0.0588. The summed E-state index contributed by atoms with van der Waals surface area (Å²) in [6, 6.07) is 9.58. The highest BCUT2D eigenvalue weighted by Gasteiger charge is 2.16. The number of carbonyl (C=O) groups excluding carboxylic acids is 1. The number of rotatable bonds is 4. The van der Waals surface area contributed by atoms with Crippen molar-refractivity contribution in [1.82, 2.24) is 9.55 Å². The van der Waals surface area contributed by atoms with Gasteiger partial charge in [-0.3, -0.25) is 9.36 Å². The number of amides is 1. The standard InChI is InChI=1S/C17H13ClFN3O3S/c1-26(24,25)13-6-7-14(18)15(8-13)21-17(23)16-9-20-10-22(16)12-4-2-11(19)3-5-12/h2-10H,1H3,(H,21,23). The Morgan fingerprint density at radius 1 is 1.19 bits per heavy atom. The second-order valence-corrected chi connectivity index (χ2v) is 7.92. The number of imidazole rings is 1. The molecule has 0 atom stereocenters. The molecule has 3 aromatic rings. The van der Waals surface area contributed by atoms with Crippen molar-refractivity contribution in [2.24, 2.45) is 0 Å². The molecule has 0 radical (unpaired) electrons. The number of sulfone groups is 1. The summed E-state index contributed by atoms with van der Waals surface area (Å²) < 4.78 is 37.9. The van der Waals surface area contributed by atoms with E-state index in [1.54, 1.807) is 0 Å². The van der Waals surface area contributed by atoms with Crippen LogP contribution in [0.5, 0.6) is 0 Å². The van der Waals surface area contributed by atoms with Crippen molar-refractivity contribution in [2.75, 3.05) is 11.6 Å². The third-order valence-corrected chi connectivity index (χ3v) is 5.03. The fourth-order valence-electron chi connectivity index (χ4n) is 2.29. The minimum absolute atomic E-state index is 0.0317. The van der Waals surface area contributed by atoms with Crippen LogP contribution in [-0.4, -0.2) is 30.1 Å². The Bertz CT molecular complexity index is 1080. The Hall–Kier alpha value is -2.71. The Balaban J connectivity index is 1.93. The molecule has 134 valence electrons. The van der Waals surface area contributed by atoms with E-state index < -0.39 is 21.6 Å². The van der Waals surface area contributed by atoms with Gasteiger partial charge in [0.15, 0.2) is 9.84 Å². The number of aromatic nitrogens is 2. The largest absolute Gasteiger partial charge is 0.319 e. The molecular formula is C17H13ClFN3O3S. The smallest absolute Gasteiger partial charge is 0.274 e. The Morgan fingerprint density at radius 3 is 2.54 bits per heavy atom. The third kappa shape index (κ3) is 3.76. The maximum absolute atomic E-state index is 13.1. The van der Waals surface area contributed by atoms with Gasteiger partial charge in [0.2, 0.25) is 0 Å². The number of hydrogen-bond donors (Lipinski definition) is 1. The number of carbonyl (C=O) groups is 1. The van der Waals surface area contributed by atoms with Crippen LogP contribution in [0.4, 0.5) is 10.1 Å². The fourth-order valence-corrected chi connectivity index (χ4v) is 3.10. The van der Waals surface area contributed by atoms with Crippen molar-refractivity contribution in [1.29, 1.82) is 0 Å². The molecule has 1 amide bonds. The zero-order valence-electron chi connectivity index (χ0n) is 13.5. The molecule has 0 spiro atoms. The summed E-state index contributed by atoms with van der Waals surface area (Å²) in [5, 5.41) is 2.77. The van der Waals surface area contributed by atoms with E-state index in [9.17, 15) is 17.6 Å². The summed E-state index contributed by atoms with van der Waals surface area (Å²) in [4.78, 5) is 16.6. The lowest BCUT2D eigenvalue weighted by molar-refractivity contribution is 0.102. The summed E-state index contributed by atoms with van der Waals surface area (Å²) >= 11 is 6.05. The normalized spacial score (nSPS) is 11.3. The average Bonchev–Trinajstić information content (AvgIpc) is 3.06. The lowest BCUT2D eigenvalue weighted by Crippen LogP contribution is -2.16. The van der Waals surface area contributed by atoms with Crippen molar-refractivity contribution in [2.45, 2.75) is 4.90 Å². The number of halogens is 2. The zero-order valence-corrected chi connectivity index (χ0v) is 15.1. The molecule has 0 saturated heterocycles. The molecule has 0 unspecified atom stereocenters. The first-order valence-electron chi connectivity index (χ1n) is 7.35. The minimum atomic E-state index is -3.45. The molecule has 0 aliphatic heterocycles. The number of nitrogens with zero attached hydrogens (tertiary/aromatic N) is 2. The molecule has 2 aromatic carbocycles. The van der Waals surface area contributed by atoms with Gasteiger partial charge in [-0.2, -0.15) is 0 Å². The van der Waals surface area contributed by atoms with Crippen LogP contribution < -0.4 is 5.32 Å². The van der Waals surface area contributed by atoms with Crippen LogP contribution in [-0.2, 0) is 9.84 Å². The Kier molecular flexibility index (Phi) is 4.80. The maximum Gasteiger partial charge on any atom is 0.274 e. The molecule has 3 rings (SSSR count). The van der Waals surface area contributed by atoms with Crippen LogP contribution in [0, 0.1) is 5.82 Å². The van der Waals surface area contributed by atoms with Crippen LogP contribution in [0.25, 0.3) is 5.69 Å². The van der Waals surface area contributed by atoms with Crippen molar-refractivity contribution in [3.63, 3.8) is 0 Å². The molecular weight excluding hydrogens is 381 g/mol. The summed E-state index contributed by atoms with van der Waals surface area (Å²) in [7, 11) is -3.45. The SMILES string of the molecule is CS(=O)(=O)c1ccc(Cl)c(NC(=O)c2cncn2-c2ccc(F)cc2)c1. The molecule has 1 heterocycles. The van der Waals surface area contributed by atoms with Crippen LogP contribution in [0.2, 0.25) is 5.02 Å². The summed E-state index contributed by atoms with van der Waals surface area (Å²) in [6.07, 6.45) is 3.81. The van der Waals surface area contributed by atoms with Gasteiger partial charge in [-0.05, 0) is 42.5 Å². The van der Waals surface area contributed by atoms with E-state index in [4.69, 9.17) is 11.6 Å². The molecule has 9 heteroatoms. The van der Waals surface area contributed by atoms with Crippen LogP contribution in [0.1, 0.15) is 10.5 Å². The lowest BCUT2D eigenvalue weighted by Gasteiger charge is -2.11. The molecule has 6 nitrogen and oxygen atoms in total. The van der Waals surface area contributed by atoms with Gasteiger partial charge in [0.1, 0.15) is 11.5 Å². The van der Waals surface area contributed by atoms with Gasteiger partial charge in [0.05, 0.1) is 28.1 Å². The second kappa shape index (κ2) is 6.89. The molecule has 1 aromatic heterocycles. The van der Waals surface area contributed by atoms with Crippen LogP contribution in [0.15, 0.2) is 59.9 Å². The van der Waals surface area contributed by atoms with E-state index in [1.165, 1.54) is 59.6 Å². The van der Waals surface area contributed by atoms with Gasteiger partial charge in [-0.1, -0.05) is 11.6 Å². The molecule has 26 heavy (non-hydrogen) atoms.